The lowest BCUT2D eigenvalue weighted by atomic mass is 10.2. The van der Waals surface area contributed by atoms with Crippen molar-refractivity contribution in [1.82, 2.24) is 10.3 Å². The summed E-state index contributed by atoms with van der Waals surface area (Å²) in [4.78, 5) is 14.8. The van der Waals surface area contributed by atoms with Gasteiger partial charge in [0.25, 0.3) is 0 Å². The van der Waals surface area contributed by atoms with Gasteiger partial charge in [-0.25, -0.2) is 9.78 Å². The Kier molecular flexibility index (Phi) is 6.41. The zero-order valence-corrected chi connectivity index (χ0v) is 13.6. The molecule has 0 atom stereocenters. The number of nitrogens with one attached hydrogen (secondary N) is 1. The Morgan fingerprint density at radius 1 is 1.24 bits per heavy atom. The van der Waals surface area contributed by atoms with E-state index in [0.29, 0.717) is 0 Å². The highest BCUT2D eigenvalue weighted by Crippen LogP contribution is 2.29. The van der Waals surface area contributed by atoms with Crippen molar-refractivity contribution in [3.8, 4) is 0 Å². The molecule has 8 heteroatoms. The lowest BCUT2D eigenvalue weighted by molar-refractivity contribution is -0.141. The molecule has 2 rings (SSSR count). The summed E-state index contributed by atoms with van der Waals surface area (Å²) in [5.74, 6) is 0. The van der Waals surface area contributed by atoms with Crippen LogP contribution in [0.5, 0.6) is 0 Å². The summed E-state index contributed by atoms with van der Waals surface area (Å²) in [7, 11) is 0. The number of carbonyl (C=O) groups is 1. The van der Waals surface area contributed by atoms with Gasteiger partial charge in [0, 0.05) is 6.54 Å². The molecule has 0 saturated carbocycles. The number of pyridine rings is 1. The first kappa shape index (κ1) is 18.8. The lowest BCUT2D eigenvalue weighted by Crippen LogP contribution is -2.24. The minimum Gasteiger partial charge on any atom is -0.445 e. The Labute approximate surface area is 147 Å². The van der Waals surface area contributed by atoms with Crippen LogP contribution < -0.4 is 5.32 Å². The van der Waals surface area contributed by atoms with Crippen LogP contribution in [-0.2, 0) is 17.5 Å². The number of halogens is 4. The van der Waals surface area contributed by atoms with Gasteiger partial charge in [0.15, 0.2) is 0 Å². The predicted molar refractivity (Wildman–Crippen MR) is 87.9 cm³/mol. The normalized spacial score (nSPS) is 11.5. The molecule has 2 aromatic rings. The maximum absolute atomic E-state index is 12.6. The predicted octanol–water partition coefficient (Wildman–Crippen LogP) is 4.69. The summed E-state index contributed by atoms with van der Waals surface area (Å²) < 4.78 is 42.9. The Bertz CT molecular complexity index is 749. The number of benzene rings is 1. The topological polar surface area (TPSA) is 51.2 Å². The minimum atomic E-state index is -4.58. The molecule has 0 radical (unpaired) electrons. The molecule has 0 fully saturated rings. The van der Waals surface area contributed by atoms with Gasteiger partial charge in [0.05, 0.1) is 0 Å². The number of ether oxygens (including phenoxy) is 1. The van der Waals surface area contributed by atoms with E-state index in [1.165, 1.54) is 18.2 Å². The number of alkyl carbamates (subject to hydrolysis) is 1. The first-order valence-electron chi connectivity index (χ1n) is 7.20. The first-order chi connectivity index (χ1) is 11.8. The highest BCUT2D eigenvalue weighted by molar-refractivity contribution is 6.29. The maximum Gasteiger partial charge on any atom is 0.433 e. The van der Waals surface area contributed by atoms with Crippen LogP contribution >= 0.6 is 11.6 Å². The fourth-order valence-corrected chi connectivity index (χ4v) is 2.09. The van der Waals surface area contributed by atoms with Crippen molar-refractivity contribution in [2.75, 3.05) is 6.54 Å². The van der Waals surface area contributed by atoms with Crippen molar-refractivity contribution in [3.05, 3.63) is 70.5 Å². The average Bonchev–Trinajstić information content (AvgIpc) is 2.56. The van der Waals surface area contributed by atoms with Crippen LogP contribution in [0.3, 0.4) is 0 Å². The van der Waals surface area contributed by atoms with Gasteiger partial charge in [-0.1, -0.05) is 54.1 Å². The second-order valence-corrected chi connectivity index (χ2v) is 5.34. The van der Waals surface area contributed by atoms with Crippen LogP contribution in [0.4, 0.5) is 18.0 Å². The summed E-state index contributed by atoms with van der Waals surface area (Å²) in [6.45, 7) is 0.222. The van der Waals surface area contributed by atoms with Crippen molar-refractivity contribution in [2.45, 2.75) is 12.8 Å². The van der Waals surface area contributed by atoms with Gasteiger partial charge >= 0.3 is 12.3 Å². The number of hydrogen-bond acceptors (Lipinski definition) is 3. The molecule has 0 spiro atoms. The van der Waals surface area contributed by atoms with E-state index < -0.39 is 18.0 Å². The van der Waals surface area contributed by atoms with Crippen LogP contribution in [0, 0.1) is 0 Å². The molecule has 132 valence electrons. The lowest BCUT2D eigenvalue weighted by Gasteiger charge is -2.07. The molecule has 0 aliphatic rings. The Morgan fingerprint density at radius 2 is 1.96 bits per heavy atom. The molecular formula is C17H14ClF3N2O2. The second-order valence-electron chi connectivity index (χ2n) is 4.95. The van der Waals surface area contributed by atoms with Gasteiger partial charge in [0.1, 0.15) is 17.5 Å². The van der Waals surface area contributed by atoms with E-state index >= 15 is 0 Å². The number of amides is 1. The average molecular weight is 371 g/mol. The third-order valence-corrected chi connectivity index (χ3v) is 3.19. The number of carbonyl (C=O) groups excluding carboxylic acids is 1. The van der Waals surface area contributed by atoms with Gasteiger partial charge < -0.3 is 10.1 Å². The molecule has 25 heavy (non-hydrogen) atoms. The summed E-state index contributed by atoms with van der Waals surface area (Å²) in [5, 5.41) is 2.20. The summed E-state index contributed by atoms with van der Waals surface area (Å²) in [6.07, 6.45) is -2.32. The Balaban J connectivity index is 1.83. The molecule has 1 heterocycles. The van der Waals surface area contributed by atoms with E-state index in [9.17, 15) is 18.0 Å². The smallest absolute Gasteiger partial charge is 0.433 e. The third kappa shape index (κ3) is 6.46. The van der Waals surface area contributed by atoms with E-state index in [1.54, 1.807) is 0 Å². The Hall–Kier alpha value is -2.54. The number of rotatable bonds is 5. The van der Waals surface area contributed by atoms with Crippen molar-refractivity contribution >= 4 is 23.8 Å². The SMILES string of the molecule is O=C(NCC=Cc1cc(Cl)nc(C(F)(F)F)c1)OCc1ccccc1. The van der Waals surface area contributed by atoms with Crippen molar-refractivity contribution in [3.63, 3.8) is 0 Å². The van der Waals surface area contributed by atoms with Crippen LogP contribution in [0.15, 0.2) is 48.5 Å². The molecule has 1 aromatic carbocycles. The highest BCUT2D eigenvalue weighted by atomic mass is 35.5. The van der Waals surface area contributed by atoms with E-state index in [1.807, 2.05) is 30.3 Å². The van der Waals surface area contributed by atoms with Gasteiger partial charge in [-0.3, -0.25) is 0 Å². The van der Waals surface area contributed by atoms with Crippen LogP contribution in [-0.4, -0.2) is 17.6 Å². The van der Waals surface area contributed by atoms with Crippen LogP contribution in [0.1, 0.15) is 16.8 Å². The quantitative estimate of drug-likeness (QED) is 0.776. The number of aromatic nitrogens is 1. The molecule has 0 unspecified atom stereocenters. The summed E-state index contributed by atoms with van der Waals surface area (Å²) in [6, 6.07) is 11.3. The summed E-state index contributed by atoms with van der Waals surface area (Å²) >= 11 is 5.58. The standard InChI is InChI=1S/C17H14ClF3N2O2/c18-15-10-13(9-14(23-15)17(19,20)21)7-4-8-22-16(24)25-11-12-5-2-1-3-6-12/h1-7,9-10H,8,11H2,(H,22,24). The van der Waals surface area contributed by atoms with Crippen LogP contribution in [0.25, 0.3) is 6.08 Å². The van der Waals surface area contributed by atoms with E-state index in [0.717, 1.165) is 11.6 Å². The highest BCUT2D eigenvalue weighted by Gasteiger charge is 2.32. The fourth-order valence-electron chi connectivity index (χ4n) is 1.87. The van der Waals surface area contributed by atoms with Gasteiger partial charge in [-0.2, -0.15) is 13.2 Å². The van der Waals surface area contributed by atoms with Crippen LogP contribution in [0.2, 0.25) is 5.15 Å². The largest absolute Gasteiger partial charge is 0.445 e. The van der Waals surface area contributed by atoms with Gasteiger partial charge in [0.2, 0.25) is 0 Å². The van der Waals surface area contributed by atoms with E-state index in [-0.39, 0.29) is 23.9 Å². The van der Waals surface area contributed by atoms with Crippen molar-refractivity contribution in [1.29, 1.82) is 0 Å². The molecular weight excluding hydrogens is 357 g/mol. The number of hydrogen-bond donors (Lipinski definition) is 1. The van der Waals surface area contributed by atoms with Crippen molar-refractivity contribution in [2.24, 2.45) is 0 Å². The molecule has 0 aliphatic heterocycles. The Morgan fingerprint density at radius 3 is 2.64 bits per heavy atom. The zero-order valence-electron chi connectivity index (χ0n) is 12.9. The summed E-state index contributed by atoms with van der Waals surface area (Å²) in [5.41, 5.74) is 0.000887. The number of alkyl halides is 3. The van der Waals surface area contributed by atoms with E-state index in [2.05, 4.69) is 10.3 Å². The second kappa shape index (κ2) is 8.53. The molecule has 1 N–H and O–H groups in total. The third-order valence-electron chi connectivity index (χ3n) is 2.99. The fraction of sp³-hybridized carbons (Fsp3) is 0.176. The van der Waals surface area contributed by atoms with Crippen molar-refractivity contribution < 1.29 is 22.7 Å². The van der Waals surface area contributed by atoms with E-state index in [4.69, 9.17) is 16.3 Å². The molecule has 0 aliphatic carbocycles. The zero-order chi connectivity index (χ0) is 18.3. The molecule has 1 amide bonds. The monoisotopic (exact) mass is 370 g/mol. The maximum atomic E-state index is 12.6. The number of nitrogens with zero attached hydrogens (tertiary/aromatic N) is 1. The van der Waals surface area contributed by atoms with Gasteiger partial charge in [-0.15, -0.1) is 0 Å². The molecule has 0 saturated heterocycles. The molecule has 1 aromatic heterocycles. The van der Waals surface area contributed by atoms with Gasteiger partial charge in [-0.05, 0) is 23.3 Å². The minimum absolute atomic E-state index is 0.0922. The first-order valence-corrected chi connectivity index (χ1v) is 7.58. The molecule has 0 bridgehead atoms. The molecule has 4 nitrogen and oxygen atoms in total.